The van der Waals surface area contributed by atoms with Crippen molar-refractivity contribution in [2.75, 3.05) is 23.9 Å². The first-order valence-corrected chi connectivity index (χ1v) is 8.44. The molecule has 1 aliphatic rings. The van der Waals surface area contributed by atoms with Crippen molar-refractivity contribution >= 4 is 46.4 Å². The van der Waals surface area contributed by atoms with Crippen LogP contribution in [-0.2, 0) is 9.59 Å². The Hall–Kier alpha value is -2.24. The average molecular weight is 379 g/mol. The van der Waals surface area contributed by atoms with Crippen LogP contribution in [-0.4, -0.2) is 25.5 Å². The summed E-state index contributed by atoms with van der Waals surface area (Å²) in [6, 6.07) is 12.1. The number of methoxy groups -OCH3 is 1. The molecule has 7 heteroatoms. The highest BCUT2D eigenvalue weighted by molar-refractivity contribution is 6.42. The Morgan fingerprint density at radius 3 is 2.68 bits per heavy atom. The van der Waals surface area contributed by atoms with Gasteiger partial charge in [-0.15, -0.1) is 0 Å². The summed E-state index contributed by atoms with van der Waals surface area (Å²) in [5, 5.41) is 3.55. The summed E-state index contributed by atoms with van der Waals surface area (Å²) in [4.78, 5) is 26.4. The van der Waals surface area contributed by atoms with Gasteiger partial charge < -0.3 is 15.0 Å². The molecule has 2 aromatic carbocycles. The minimum atomic E-state index is -0.452. The lowest BCUT2D eigenvalue weighted by Crippen LogP contribution is -2.28. The highest BCUT2D eigenvalue weighted by Crippen LogP contribution is 2.33. The van der Waals surface area contributed by atoms with Gasteiger partial charge in [-0.2, -0.15) is 0 Å². The van der Waals surface area contributed by atoms with E-state index in [9.17, 15) is 9.59 Å². The normalized spacial score (nSPS) is 16.8. The predicted octanol–water partition coefficient (Wildman–Crippen LogP) is 3.99. The third kappa shape index (κ3) is 3.72. The smallest absolute Gasteiger partial charge is 0.229 e. The van der Waals surface area contributed by atoms with Gasteiger partial charge in [0.2, 0.25) is 11.8 Å². The Balaban J connectivity index is 1.73. The highest BCUT2D eigenvalue weighted by atomic mass is 35.5. The van der Waals surface area contributed by atoms with Crippen LogP contribution >= 0.6 is 23.2 Å². The van der Waals surface area contributed by atoms with Gasteiger partial charge in [0.25, 0.3) is 0 Å². The fraction of sp³-hybridized carbons (Fsp3) is 0.222. The van der Waals surface area contributed by atoms with Crippen molar-refractivity contribution in [1.29, 1.82) is 0 Å². The molecule has 0 bridgehead atoms. The van der Waals surface area contributed by atoms with Crippen LogP contribution in [0.3, 0.4) is 0 Å². The molecule has 0 spiro atoms. The number of halogens is 2. The number of carbonyl (C=O) groups is 2. The van der Waals surface area contributed by atoms with E-state index in [1.54, 1.807) is 42.3 Å². The van der Waals surface area contributed by atoms with Gasteiger partial charge in [0.15, 0.2) is 0 Å². The van der Waals surface area contributed by atoms with Gasteiger partial charge in [0.05, 0.1) is 28.8 Å². The van der Waals surface area contributed by atoms with Gasteiger partial charge in [-0.25, -0.2) is 0 Å². The van der Waals surface area contributed by atoms with Crippen LogP contribution in [0.5, 0.6) is 5.75 Å². The Labute approximate surface area is 155 Å². The van der Waals surface area contributed by atoms with Crippen LogP contribution in [0.4, 0.5) is 11.4 Å². The number of amides is 2. The van der Waals surface area contributed by atoms with Gasteiger partial charge in [0.1, 0.15) is 5.75 Å². The van der Waals surface area contributed by atoms with E-state index in [1.165, 1.54) is 0 Å². The highest BCUT2D eigenvalue weighted by Gasteiger charge is 2.36. The molecule has 1 fully saturated rings. The van der Waals surface area contributed by atoms with Gasteiger partial charge in [0, 0.05) is 18.7 Å². The molecule has 0 unspecified atom stereocenters. The molecule has 130 valence electrons. The van der Waals surface area contributed by atoms with Crippen molar-refractivity contribution in [2.45, 2.75) is 6.42 Å². The van der Waals surface area contributed by atoms with Gasteiger partial charge >= 0.3 is 0 Å². The van der Waals surface area contributed by atoms with Crippen LogP contribution in [0.15, 0.2) is 42.5 Å². The van der Waals surface area contributed by atoms with E-state index in [0.29, 0.717) is 33.7 Å². The van der Waals surface area contributed by atoms with Gasteiger partial charge in [-0.3, -0.25) is 9.59 Å². The zero-order valence-electron chi connectivity index (χ0n) is 13.5. The molecule has 1 heterocycles. The van der Waals surface area contributed by atoms with Crippen molar-refractivity contribution in [3.63, 3.8) is 0 Å². The molecule has 1 saturated heterocycles. The van der Waals surface area contributed by atoms with E-state index in [-0.39, 0.29) is 18.2 Å². The first kappa shape index (κ1) is 17.6. The summed E-state index contributed by atoms with van der Waals surface area (Å²) in [5.41, 5.74) is 1.21. The summed E-state index contributed by atoms with van der Waals surface area (Å²) in [5.74, 6) is -0.198. The van der Waals surface area contributed by atoms with Crippen LogP contribution in [0, 0.1) is 5.92 Å². The van der Waals surface area contributed by atoms with E-state index >= 15 is 0 Å². The Kier molecular flexibility index (Phi) is 5.16. The molecule has 2 amide bonds. The van der Waals surface area contributed by atoms with E-state index in [0.717, 1.165) is 0 Å². The molecular formula is C18H16Cl2N2O3. The van der Waals surface area contributed by atoms with Crippen LogP contribution in [0.1, 0.15) is 6.42 Å². The lowest BCUT2D eigenvalue weighted by molar-refractivity contribution is -0.122. The second-order valence-corrected chi connectivity index (χ2v) is 6.51. The third-order valence-electron chi connectivity index (χ3n) is 4.06. The zero-order chi connectivity index (χ0) is 18.0. The molecule has 0 aliphatic carbocycles. The molecule has 1 atom stereocenters. The van der Waals surface area contributed by atoms with E-state index < -0.39 is 5.92 Å². The number of nitrogens with zero attached hydrogens (tertiary/aromatic N) is 1. The molecule has 0 aromatic heterocycles. The number of benzene rings is 2. The Morgan fingerprint density at radius 1 is 1.20 bits per heavy atom. The quantitative estimate of drug-likeness (QED) is 0.874. The van der Waals surface area contributed by atoms with Crippen molar-refractivity contribution in [3.8, 4) is 5.75 Å². The molecule has 1 N–H and O–H groups in total. The van der Waals surface area contributed by atoms with Gasteiger partial charge in [-0.1, -0.05) is 35.3 Å². The topological polar surface area (TPSA) is 58.6 Å². The first-order valence-electron chi connectivity index (χ1n) is 7.69. The van der Waals surface area contributed by atoms with Crippen molar-refractivity contribution in [1.82, 2.24) is 0 Å². The standard InChI is InChI=1S/C18H16Cl2N2O3/c1-25-16-5-3-2-4-15(16)22-10-11(8-17(22)23)18(24)21-12-6-7-13(19)14(20)9-12/h2-7,9,11H,8,10H2,1H3,(H,21,24)/t11-/m0/s1. The summed E-state index contributed by atoms with van der Waals surface area (Å²) in [6.07, 6.45) is 0.144. The molecule has 0 saturated carbocycles. The maximum atomic E-state index is 12.5. The van der Waals surface area contributed by atoms with Crippen molar-refractivity contribution < 1.29 is 14.3 Å². The fourth-order valence-corrected chi connectivity index (χ4v) is 3.09. The number of carbonyl (C=O) groups excluding carboxylic acids is 2. The van der Waals surface area contributed by atoms with Crippen molar-refractivity contribution in [3.05, 3.63) is 52.5 Å². The Bertz CT molecular complexity index is 826. The van der Waals surface area contributed by atoms with E-state index in [1.807, 2.05) is 12.1 Å². The van der Waals surface area contributed by atoms with Gasteiger partial charge in [-0.05, 0) is 30.3 Å². The SMILES string of the molecule is COc1ccccc1N1C[C@@H](C(=O)Nc2ccc(Cl)c(Cl)c2)CC1=O. The second kappa shape index (κ2) is 7.33. The predicted molar refractivity (Wildman–Crippen MR) is 98.5 cm³/mol. The fourth-order valence-electron chi connectivity index (χ4n) is 2.79. The van der Waals surface area contributed by atoms with E-state index in [2.05, 4.69) is 5.32 Å². The molecule has 3 rings (SSSR count). The maximum absolute atomic E-state index is 12.5. The molecule has 2 aromatic rings. The van der Waals surface area contributed by atoms with Crippen LogP contribution < -0.4 is 15.0 Å². The van der Waals surface area contributed by atoms with Crippen LogP contribution in [0.2, 0.25) is 10.0 Å². The second-order valence-electron chi connectivity index (χ2n) is 5.70. The number of hydrogen-bond acceptors (Lipinski definition) is 3. The first-order chi connectivity index (χ1) is 12.0. The Morgan fingerprint density at radius 2 is 1.96 bits per heavy atom. The molecule has 5 nitrogen and oxygen atoms in total. The summed E-state index contributed by atoms with van der Waals surface area (Å²) in [6.45, 7) is 0.298. The number of anilines is 2. The molecular weight excluding hydrogens is 363 g/mol. The largest absolute Gasteiger partial charge is 0.495 e. The minimum Gasteiger partial charge on any atom is -0.495 e. The lowest BCUT2D eigenvalue weighted by atomic mass is 10.1. The number of para-hydroxylation sites is 2. The van der Waals surface area contributed by atoms with E-state index in [4.69, 9.17) is 27.9 Å². The average Bonchev–Trinajstić information content (AvgIpc) is 3.00. The number of nitrogens with one attached hydrogen (secondary N) is 1. The van der Waals surface area contributed by atoms with Crippen LogP contribution in [0.25, 0.3) is 0 Å². The summed E-state index contributed by atoms with van der Waals surface area (Å²) < 4.78 is 5.30. The monoisotopic (exact) mass is 378 g/mol. The minimum absolute atomic E-state index is 0.112. The molecule has 25 heavy (non-hydrogen) atoms. The number of rotatable bonds is 4. The summed E-state index contributed by atoms with van der Waals surface area (Å²) in [7, 11) is 1.55. The molecule has 0 radical (unpaired) electrons. The number of hydrogen-bond donors (Lipinski definition) is 1. The zero-order valence-corrected chi connectivity index (χ0v) is 15.0. The lowest BCUT2D eigenvalue weighted by Gasteiger charge is -2.19. The number of ether oxygens (including phenoxy) is 1. The maximum Gasteiger partial charge on any atom is 0.229 e. The third-order valence-corrected chi connectivity index (χ3v) is 4.80. The van der Waals surface area contributed by atoms with Crippen molar-refractivity contribution in [2.24, 2.45) is 5.92 Å². The molecule has 1 aliphatic heterocycles. The summed E-state index contributed by atoms with van der Waals surface area (Å²) >= 11 is 11.8.